The monoisotopic (exact) mass is 386 g/mol. The quantitative estimate of drug-likeness (QED) is 0.826. The van der Waals surface area contributed by atoms with Crippen LogP contribution in [0.4, 0.5) is 4.39 Å². The number of methoxy groups -OCH3 is 2. The van der Waals surface area contributed by atoms with E-state index in [-0.39, 0.29) is 23.8 Å². The van der Waals surface area contributed by atoms with Crippen molar-refractivity contribution in [3.8, 4) is 11.5 Å². The molecule has 2 aromatic carbocycles. The zero-order valence-corrected chi connectivity index (χ0v) is 16.8. The molecule has 1 aliphatic rings. The van der Waals surface area contributed by atoms with Crippen LogP contribution < -0.4 is 14.8 Å². The fraction of sp³-hybridized carbons (Fsp3) is 0.409. The van der Waals surface area contributed by atoms with Crippen LogP contribution in [-0.4, -0.2) is 37.6 Å². The number of nitrogens with zero attached hydrogens (tertiary/aromatic N) is 1. The molecule has 0 saturated carbocycles. The van der Waals surface area contributed by atoms with E-state index >= 15 is 0 Å². The van der Waals surface area contributed by atoms with Gasteiger partial charge < -0.3 is 14.8 Å². The molecule has 2 atom stereocenters. The molecule has 3 rings (SSSR count). The molecule has 2 aromatic rings. The fourth-order valence-corrected chi connectivity index (χ4v) is 4.02. The van der Waals surface area contributed by atoms with Crippen LogP contribution in [-0.2, 0) is 17.8 Å². The second kappa shape index (κ2) is 8.61. The average molecular weight is 386 g/mol. The van der Waals surface area contributed by atoms with E-state index in [0.29, 0.717) is 18.0 Å². The first-order valence-electron chi connectivity index (χ1n) is 9.43. The van der Waals surface area contributed by atoms with Crippen molar-refractivity contribution >= 4 is 5.91 Å². The molecule has 6 heteroatoms. The summed E-state index contributed by atoms with van der Waals surface area (Å²) in [6, 6.07) is 10.5. The van der Waals surface area contributed by atoms with Gasteiger partial charge in [-0.05, 0) is 54.3 Å². The first-order chi connectivity index (χ1) is 13.4. The maximum atomic E-state index is 13.3. The van der Waals surface area contributed by atoms with E-state index in [9.17, 15) is 9.18 Å². The third-order valence-electron chi connectivity index (χ3n) is 5.23. The fourth-order valence-electron chi connectivity index (χ4n) is 4.02. The van der Waals surface area contributed by atoms with E-state index < -0.39 is 0 Å². The molecular formula is C22H27FN2O3. The summed E-state index contributed by atoms with van der Waals surface area (Å²) in [5.41, 5.74) is 3.34. The topological polar surface area (TPSA) is 50.8 Å². The van der Waals surface area contributed by atoms with E-state index in [0.717, 1.165) is 24.1 Å². The minimum atomic E-state index is -0.243. The van der Waals surface area contributed by atoms with Gasteiger partial charge in [-0.25, -0.2) is 4.39 Å². The number of fused-ring (bicyclic) bond motifs is 1. The zero-order valence-electron chi connectivity index (χ0n) is 16.8. The molecule has 0 radical (unpaired) electrons. The molecule has 0 unspecified atom stereocenters. The highest BCUT2D eigenvalue weighted by Gasteiger charge is 2.33. The Morgan fingerprint density at radius 3 is 2.46 bits per heavy atom. The summed E-state index contributed by atoms with van der Waals surface area (Å²) in [5, 5.41) is 3.03. The summed E-state index contributed by atoms with van der Waals surface area (Å²) in [5.74, 6) is 1.07. The lowest BCUT2D eigenvalue weighted by Crippen LogP contribution is -2.46. The van der Waals surface area contributed by atoms with Crippen molar-refractivity contribution in [2.45, 2.75) is 38.9 Å². The van der Waals surface area contributed by atoms with Gasteiger partial charge in [0, 0.05) is 26.1 Å². The largest absolute Gasteiger partial charge is 0.493 e. The number of rotatable bonds is 6. The molecule has 1 amide bonds. The number of halogens is 1. The second-order valence-corrected chi connectivity index (χ2v) is 7.19. The number of benzene rings is 2. The number of hydrogen-bond acceptors (Lipinski definition) is 4. The molecule has 0 aromatic heterocycles. The highest BCUT2D eigenvalue weighted by molar-refractivity contribution is 5.73. The minimum Gasteiger partial charge on any atom is -0.493 e. The Kier molecular flexibility index (Phi) is 6.19. The van der Waals surface area contributed by atoms with E-state index in [1.165, 1.54) is 24.6 Å². The third-order valence-corrected chi connectivity index (χ3v) is 5.23. The van der Waals surface area contributed by atoms with Crippen molar-refractivity contribution < 1.29 is 18.7 Å². The van der Waals surface area contributed by atoms with Gasteiger partial charge >= 0.3 is 0 Å². The number of hydrogen-bond donors (Lipinski definition) is 1. The predicted octanol–water partition coefficient (Wildman–Crippen LogP) is 3.47. The Hall–Kier alpha value is -2.60. The highest BCUT2D eigenvalue weighted by Crippen LogP contribution is 2.40. The molecular weight excluding hydrogens is 359 g/mol. The van der Waals surface area contributed by atoms with Crippen LogP contribution in [0, 0.1) is 5.82 Å². The average Bonchev–Trinajstić information content (AvgIpc) is 2.67. The molecule has 0 bridgehead atoms. The van der Waals surface area contributed by atoms with Crippen molar-refractivity contribution in [3.63, 3.8) is 0 Å². The summed E-state index contributed by atoms with van der Waals surface area (Å²) in [6.07, 6.45) is 0.861. The molecule has 150 valence electrons. The number of ether oxygens (including phenoxy) is 2. The van der Waals surface area contributed by atoms with Crippen LogP contribution in [0.5, 0.6) is 11.5 Å². The van der Waals surface area contributed by atoms with Gasteiger partial charge in [-0.3, -0.25) is 9.69 Å². The maximum absolute atomic E-state index is 13.3. The van der Waals surface area contributed by atoms with Crippen LogP contribution in [0.3, 0.4) is 0 Å². The number of carbonyl (C=O) groups is 1. The van der Waals surface area contributed by atoms with Crippen molar-refractivity contribution in [3.05, 3.63) is 58.9 Å². The molecule has 0 saturated heterocycles. The van der Waals surface area contributed by atoms with Gasteiger partial charge in [-0.15, -0.1) is 0 Å². The van der Waals surface area contributed by atoms with Gasteiger partial charge in [-0.2, -0.15) is 0 Å². The molecule has 1 heterocycles. The SMILES string of the molecule is COc1cc2c(cc1OC)[C@H]([C@@H](C)NC(C)=O)N(Cc1ccc(F)cc1)CC2. The Morgan fingerprint density at radius 1 is 1.21 bits per heavy atom. The van der Waals surface area contributed by atoms with Gasteiger partial charge in [0.15, 0.2) is 11.5 Å². The van der Waals surface area contributed by atoms with Crippen LogP contribution >= 0.6 is 0 Å². The highest BCUT2D eigenvalue weighted by atomic mass is 19.1. The van der Waals surface area contributed by atoms with Gasteiger partial charge in [0.1, 0.15) is 5.82 Å². The van der Waals surface area contributed by atoms with E-state index in [1.54, 1.807) is 26.4 Å². The normalized spacial score (nSPS) is 17.5. The van der Waals surface area contributed by atoms with E-state index in [1.807, 2.05) is 19.1 Å². The van der Waals surface area contributed by atoms with Gasteiger partial charge in [0.05, 0.1) is 20.3 Å². The van der Waals surface area contributed by atoms with Crippen molar-refractivity contribution in [1.82, 2.24) is 10.2 Å². The smallest absolute Gasteiger partial charge is 0.217 e. The Labute approximate surface area is 165 Å². The van der Waals surface area contributed by atoms with Gasteiger partial charge in [-0.1, -0.05) is 12.1 Å². The van der Waals surface area contributed by atoms with Gasteiger partial charge in [0.2, 0.25) is 5.91 Å². The molecule has 0 aliphatic carbocycles. The van der Waals surface area contributed by atoms with E-state index in [4.69, 9.17) is 9.47 Å². The Morgan fingerprint density at radius 2 is 1.86 bits per heavy atom. The Bertz CT molecular complexity index is 838. The third kappa shape index (κ3) is 4.28. The number of amides is 1. The van der Waals surface area contributed by atoms with Crippen molar-refractivity contribution in [1.29, 1.82) is 0 Å². The maximum Gasteiger partial charge on any atom is 0.217 e. The summed E-state index contributed by atoms with van der Waals surface area (Å²) in [4.78, 5) is 14.0. The number of carbonyl (C=O) groups excluding carboxylic acids is 1. The van der Waals surface area contributed by atoms with E-state index in [2.05, 4.69) is 10.2 Å². The predicted molar refractivity (Wildman–Crippen MR) is 106 cm³/mol. The molecule has 28 heavy (non-hydrogen) atoms. The van der Waals surface area contributed by atoms with Crippen molar-refractivity contribution in [2.24, 2.45) is 0 Å². The minimum absolute atomic E-state index is 0.0301. The second-order valence-electron chi connectivity index (χ2n) is 7.19. The van der Waals surface area contributed by atoms with Crippen LogP contribution in [0.15, 0.2) is 36.4 Å². The summed E-state index contributed by atoms with van der Waals surface area (Å²) in [6.45, 7) is 5.03. The number of nitrogens with one attached hydrogen (secondary N) is 1. The zero-order chi connectivity index (χ0) is 20.3. The first-order valence-corrected chi connectivity index (χ1v) is 9.43. The summed E-state index contributed by atoms with van der Waals surface area (Å²) in [7, 11) is 3.25. The summed E-state index contributed by atoms with van der Waals surface area (Å²) < 4.78 is 24.2. The lowest BCUT2D eigenvalue weighted by molar-refractivity contribution is -0.120. The molecule has 0 fully saturated rings. The first kappa shape index (κ1) is 20.1. The lowest BCUT2D eigenvalue weighted by Gasteiger charge is -2.41. The molecule has 0 spiro atoms. The molecule has 1 aliphatic heterocycles. The van der Waals surface area contributed by atoms with Crippen LogP contribution in [0.1, 0.15) is 36.6 Å². The molecule has 5 nitrogen and oxygen atoms in total. The standard InChI is InChI=1S/C22H27FN2O3/c1-14(24-15(2)26)22-19-12-21(28-4)20(27-3)11-17(19)9-10-25(22)13-16-5-7-18(23)8-6-16/h5-8,11-12,14,22H,9-10,13H2,1-4H3,(H,24,26)/t14-,22+/m1/s1. The molecule has 1 N–H and O–H groups in total. The van der Waals surface area contributed by atoms with Crippen molar-refractivity contribution in [2.75, 3.05) is 20.8 Å². The van der Waals surface area contributed by atoms with Gasteiger partial charge in [0.25, 0.3) is 0 Å². The lowest BCUT2D eigenvalue weighted by atomic mass is 9.87. The summed E-state index contributed by atoms with van der Waals surface area (Å²) >= 11 is 0. The Balaban J connectivity index is 1.99. The van der Waals surface area contributed by atoms with Crippen LogP contribution in [0.2, 0.25) is 0 Å². The van der Waals surface area contributed by atoms with Crippen LogP contribution in [0.25, 0.3) is 0 Å².